The van der Waals surface area contributed by atoms with E-state index in [0.29, 0.717) is 19.4 Å². The van der Waals surface area contributed by atoms with Crippen LogP contribution in [0.1, 0.15) is 60.9 Å². The molecule has 108 valence electrons. The van der Waals surface area contributed by atoms with Crippen LogP contribution in [0.25, 0.3) is 0 Å². The molecule has 0 aromatic carbocycles. The lowest BCUT2D eigenvalue weighted by Gasteiger charge is -2.33. The molecule has 0 spiro atoms. The lowest BCUT2D eigenvalue weighted by Crippen LogP contribution is -2.38. The van der Waals surface area contributed by atoms with E-state index in [1.54, 1.807) is 0 Å². The summed E-state index contributed by atoms with van der Waals surface area (Å²) in [6.45, 7) is 7.05. The third kappa shape index (κ3) is 2.17. The Kier molecular flexibility index (Phi) is 3.00. The molecule has 1 aliphatic carbocycles. The number of carbonyl (C=O) groups is 2. The molecular weight excluding hydrogens is 252 g/mol. The van der Waals surface area contributed by atoms with E-state index in [4.69, 9.17) is 0 Å². The molecule has 2 heterocycles. The fraction of sp³-hybridized carbons (Fsp3) is 0.625. The number of aryl methyl sites for hydroxylation is 1. The number of piperidine rings is 1. The molecule has 1 N–H and O–H groups in total. The molecule has 4 nitrogen and oxygen atoms in total. The highest BCUT2D eigenvalue weighted by atomic mass is 16.1. The third-order valence-corrected chi connectivity index (χ3v) is 4.53. The van der Waals surface area contributed by atoms with E-state index < -0.39 is 0 Å². The van der Waals surface area contributed by atoms with E-state index in [-0.39, 0.29) is 23.1 Å². The number of hydrogen-bond donors (Lipinski definition) is 1. The lowest BCUT2D eigenvalue weighted by atomic mass is 9.76. The highest BCUT2D eigenvalue weighted by Gasteiger charge is 2.35. The predicted octanol–water partition coefficient (Wildman–Crippen LogP) is 2.40. The number of hydrogen-bond acceptors (Lipinski definition) is 2. The quantitative estimate of drug-likeness (QED) is 0.855. The van der Waals surface area contributed by atoms with Gasteiger partial charge in [-0.15, -0.1) is 0 Å². The fourth-order valence-corrected chi connectivity index (χ4v) is 3.62. The van der Waals surface area contributed by atoms with Crippen molar-refractivity contribution in [2.24, 2.45) is 5.41 Å². The van der Waals surface area contributed by atoms with E-state index in [0.717, 1.165) is 24.1 Å². The minimum absolute atomic E-state index is 0.0323. The molecule has 20 heavy (non-hydrogen) atoms. The molecule has 0 saturated carbocycles. The first kappa shape index (κ1) is 13.4. The Morgan fingerprint density at radius 1 is 1.30 bits per heavy atom. The summed E-state index contributed by atoms with van der Waals surface area (Å²) < 4.78 is 2.30. The summed E-state index contributed by atoms with van der Waals surface area (Å²) in [5.74, 6) is 0.397. The third-order valence-electron chi connectivity index (χ3n) is 4.53. The van der Waals surface area contributed by atoms with Crippen molar-refractivity contribution in [3.8, 4) is 0 Å². The smallest absolute Gasteiger partial charge is 0.220 e. The van der Waals surface area contributed by atoms with Crippen molar-refractivity contribution in [1.29, 1.82) is 0 Å². The fourth-order valence-electron chi connectivity index (χ4n) is 3.62. The van der Waals surface area contributed by atoms with Gasteiger partial charge in [0.05, 0.1) is 6.04 Å². The molecule has 1 atom stereocenters. The monoisotopic (exact) mass is 274 g/mol. The zero-order valence-corrected chi connectivity index (χ0v) is 12.5. The number of ketones is 1. The summed E-state index contributed by atoms with van der Waals surface area (Å²) in [5, 5.41) is 2.94. The summed E-state index contributed by atoms with van der Waals surface area (Å²) in [7, 11) is 0. The van der Waals surface area contributed by atoms with Crippen LogP contribution in [0, 0.1) is 12.3 Å². The summed E-state index contributed by atoms with van der Waals surface area (Å²) in [4.78, 5) is 23.7. The first-order valence-electron chi connectivity index (χ1n) is 7.38. The summed E-state index contributed by atoms with van der Waals surface area (Å²) in [6, 6.07) is 2.32. The summed E-state index contributed by atoms with van der Waals surface area (Å²) in [5.41, 5.74) is 3.25. The van der Waals surface area contributed by atoms with E-state index in [1.807, 2.05) is 6.07 Å². The Morgan fingerprint density at radius 3 is 2.70 bits per heavy atom. The molecule has 1 aliphatic heterocycles. The van der Waals surface area contributed by atoms with Crippen LogP contribution in [0.4, 0.5) is 0 Å². The molecule has 3 rings (SSSR count). The molecule has 1 fully saturated rings. The van der Waals surface area contributed by atoms with E-state index >= 15 is 0 Å². The van der Waals surface area contributed by atoms with Gasteiger partial charge in [-0.2, -0.15) is 0 Å². The average molecular weight is 274 g/mol. The second-order valence-electron chi connectivity index (χ2n) is 6.95. The maximum atomic E-state index is 12.3. The van der Waals surface area contributed by atoms with Crippen LogP contribution < -0.4 is 5.32 Å². The Bertz CT molecular complexity index is 574. The van der Waals surface area contributed by atoms with Gasteiger partial charge in [-0.05, 0) is 31.2 Å². The minimum Gasteiger partial charge on any atom is -0.354 e. The molecule has 1 aromatic rings. The van der Waals surface area contributed by atoms with Gasteiger partial charge in [-0.25, -0.2) is 0 Å². The van der Waals surface area contributed by atoms with Gasteiger partial charge in [-0.1, -0.05) is 13.8 Å². The van der Waals surface area contributed by atoms with Crippen LogP contribution in [0.5, 0.6) is 0 Å². The van der Waals surface area contributed by atoms with E-state index in [1.165, 1.54) is 5.69 Å². The normalized spacial score (nSPS) is 25.2. The van der Waals surface area contributed by atoms with Crippen molar-refractivity contribution in [2.75, 3.05) is 6.54 Å². The number of aromatic nitrogens is 1. The van der Waals surface area contributed by atoms with Crippen molar-refractivity contribution in [3.63, 3.8) is 0 Å². The molecule has 0 radical (unpaired) electrons. The number of rotatable bonds is 1. The van der Waals surface area contributed by atoms with Crippen LogP contribution in [-0.4, -0.2) is 22.8 Å². The van der Waals surface area contributed by atoms with Crippen molar-refractivity contribution in [2.45, 2.75) is 52.5 Å². The Morgan fingerprint density at radius 2 is 2.05 bits per heavy atom. The molecule has 2 aliphatic rings. The Hall–Kier alpha value is -1.58. The molecule has 1 saturated heterocycles. The number of nitrogens with zero attached hydrogens (tertiary/aromatic N) is 1. The van der Waals surface area contributed by atoms with Gasteiger partial charge in [-0.3, -0.25) is 9.59 Å². The Labute approximate surface area is 119 Å². The van der Waals surface area contributed by atoms with Crippen LogP contribution in [0.3, 0.4) is 0 Å². The summed E-state index contributed by atoms with van der Waals surface area (Å²) in [6.07, 6.45) is 3.01. The number of fused-ring (bicyclic) bond motifs is 1. The lowest BCUT2D eigenvalue weighted by molar-refractivity contribution is -0.122. The molecule has 1 amide bonds. The van der Waals surface area contributed by atoms with Crippen LogP contribution in [0.15, 0.2) is 6.07 Å². The van der Waals surface area contributed by atoms with Crippen LogP contribution in [0.2, 0.25) is 0 Å². The van der Waals surface area contributed by atoms with Crippen molar-refractivity contribution < 1.29 is 9.59 Å². The van der Waals surface area contributed by atoms with E-state index in [2.05, 4.69) is 30.7 Å². The van der Waals surface area contributed by atoms with Crippen LogP contribution in [-0.2, 0) is 11.2 Å². The first-order chi connectivity index (χ1) is 9.37. The Balaban J connectivity index is 2.00. The van der Waals surface area contributed by atoms with Gasteiger partial charge in [0.25, 0.3) is 0 Å². The topological polar surface area (TPSA) is 51.1 Å². The number of carbonyl (C=O) groups excluding carboxylic acids is 2. The van der Waals surface area contributed by atoms with Crippen molar-refractivity contribution in [1.82, 2.24) is 9.88 Å². The second-order valence-corrected chi connectivity index (χ2v) is 6.95. The zero-order valence-electron chi connectivity index (χ0n) is 12.5. The molecular formula is C16H22N2O2. The van der Waals surface area contributed by atoms with Gasteiger partial charge in [0.1, 0.15) is 0 Å². The standard InChI is InChI=1S/C16H22N2O2/c1-10-6-12-13(7-16(2,3)8-14(12)19)18(10)11-4-5-15(20)17-9-11/h6,11H,4-5,7-9H2,1-3H3,(H,17,20). The summed E-state index contributed by atoms with van der Waals surface area (Å²) >= 11 is 0. The first-order valence-corrected chi connectivity index (χ1v) is 7.38. The predicted molar refractivity (Wildman–Crippen MR) is 76.9 cm³/mol. The molecule has 0 bridgehead atoms. The van der Waals surface area contributed by atoms with E-state index in [9.17, 15) is 9.59 Å². The van der Waals surface area contributed by atoms with Crippen molar-refractivity contribution >= 4 is 11.7 Å². The molecule has 4 heteroatoms. The number of Topliss-reactive ketones (excluding diaryl/α,β-unsaturated/α-hetero) is 1. The van der Waals surface area contributed by atoms with Crippen LogP contribution >= 0.6 is 0 Å². The zero-order chi connectivity index (χ0) is 14.5. The largest absolute Gasteiger partial charge is 0.354 e. The number of nitrogens with one attached hydrogen (secondary N) is 1. The molecule has 1 aromatic heterocycles. The maximum absolute atomic E-state index is 12.3. The SMILES string of the molecule is Cc1cc2c(n1C1CCC(=O)NC1)CC(C)(C)CC2=O. The van der Waals surface area contributed by atoms with Gasteiger partial charge in [0.15, 0.2) is 5.78 Å². The van der Waals surface area contributed by atoms with Crippen molar-refractivity contribution in [3.05, 3.63) is 23.0 Å². The minimum atomic E-state index is 0.0323. The highest BCUT2D eigenvalue weighted by Crippen LogP contribution is 2.38. The molecule has 1 unspecified atom stereocenters. The van der Waals surface area contributed by atoms with Gasteiger partial charge in [0, 0.05) is 36.3 Å². The van der Waals surface area contributed by atoms with Gasteiger partial charge < -0.3 is 9.88 Å². The highest BCUT2D eigenvalue weighted by molar-refractivity contribution is 5.99. The number of amides is 1. The van der Waals surface area contributed by atoms with Gasteiger partial charge in [0.2, 0.25) is 5.91 Å². The average Bonchev–Trinajstić information content (AvgIpc) is 2.66. The van der Waals surface area contributed by atoms with Gasteiger partial charge >= 0.3 is 0 Å². The second kappa shape index (κ2) is 4.47. The maximum Gasteiger partial charge on any atom is 0.220 e.